The standard InChI is InChI=1S/C10H14N2O2/c1-7(2)9(10(13)14)12-6-8-4-3-5-11-8/h3-7,9,11H,1-2H3,(H,13,14)/t9-/m0/s1. The molecular formula is C10H14N2O2. The molecule has 0 saturated heterocycles. The minimum Gasteiger partial charge on any atom is -0.480 e. The van der Waals surface area contributed by atoms with Crippen LogP contribution in [-0.4, -0.2) is 28.3 Å². The highest BCUT2D eigenvalue weighted by Crippen LogP contribution is 2.06. The van der Waals surface area contributed by atoms with Crippen molar-refractivity contribution in [2.75, 3.05) is 0 Å². The summed E-state index contributed by atoms with van der Waals surface area (Å²) in [5.74, 6) is -0.887. The molecule has 0 fully saturated rings. The van der Waals surface area contributed by atoms with E-state index in [4.69, 9.17) is 5.11 Å². The van der Waals surface area contributed by atoms with E-state index in [0.29, 0.717) is 0 Å². The van der Waals surface area contributed by atoms with Crippen LogP contribution in [0.15, 0.2) is 23.3 Å². The Morgan fingerprint density at radius 1 is 1.64 bits per heavy atom. The third-order valence-corrected chi connectivity index (χ3v) is 1.88. The Hall–Kier alpha value is -1.58. The summed E-state index contributed by atoms with van der Waals surface area (Å²) in [5, 5.41) is 8.85. The monoisotopic (exact) mass is 194 g/mol. The van der Waals surface area contributed by atoms with Crippen molar-refractivity contribution in [3.05, 3.63) is 24.0 Å². The zero-order chi connectivity index (χ0) is 10.6. The largest absolute Gasteiger partial charge is 0.480 e. The molecule has 1 aromatic rings. The smallest absolute Gasteiger partial charge is 0.328 e. The summed E-state index contributed by atoms with van der Waals surface area (Å²) < 4.78 is 0. The topological polar surface area (TPSA) is 65.5 Å². The second-order valence-corrected chi connectivity index (χ2v) is 3.43. The summed E-state index contributed by atoms with van der Waals surface area (Å²) in [6.07, 6.45) is 3.32. The summed E-state index contributed by atoms with van der Waals surface area (Å²) in [5.41, 5.74) is 0.817. The third kappa shape index (κ3) is 2.73. The number of hydrogen-bond acceptors (Lipinski definition) is 2. The minimum atomic E-state index is -0.886. The molecule has 76 valence electrons. The lowest BCUT2D eigenvalue weighted by Gasteiger charge is -2.09. The van der Waals surface area contributed by atoms with Crippen LogP contribution in [0.25, 0.3) is 0 Å². The van der Waals surface area contributed by atoms with Gasteiger partial charge in [0.2, 0.25) is 0 Å². The minimum absolute atomic E-state index is 0.00119. The van der Waals surface area contributed by atoms with E-state index in [0.717, 1.165) is 5.69 Å². The van der Waals surface area contributed by atoms with Crippen molar-refractivity contribution in [3.63, 3.8) is 0 Å². The van der Waals surface area contributed by atoms with Gasteiger partial charge in [-0.3, -0.25) is 4.99 Å². The van der Waals surface area contributed by atoms with Gasteiger partial charge in [-0.2, -0.15) is 0 Å². The molecule has 0 unspecified atom stereocenters. The zero-order valence-electron chi connectivity index (χ0n) is 8.27. The Labute approximate surface area is 82.7 Å². The van der Waals surface area contributed by atoms with Gasteiger partial charge in [0.25, 0.3) is 0 Å². The van der Waals surface area contributed by atoms with Gasteiger partial charge in [-0.25, -0.2) is 4.79 Å². The maximum Gasteiger partial charge on any atom is 0.328 e. The number of aromatic amines is 1. The van der Waals surface area contributed by atoms with E-state index < -0.39 is 12.0 Å². The maximum absolute atomic E-state index is 10.8. The average Bonchev–Trinajstić information content (AvgIpc) is 2.55. The molecule has 0 spiro atoms. The molecule has 1 heterocycles. The number of carboxylic acid groups (broad SMARTS) is 1. The van der Waals surface area contributed by atoms with Gasteiger partial charge in [0, 0.05) is 12.4 Å². The molecule has 1 atom stereocenters. The molecule has 0 aromatic carbocycles. The fourth-order valence-electron chi connectivity index (χ4n) is 1.11. The lowest BCUT2D eigenvalue weighted by atomic mass is 10.1. The molecule has 1 rings (SSSR count). The molecule has 2 N–H and O–H groups in total. The van der Waals surface area contributed by atoms with Gasteiger partial charge in [0.15, 0.2) is 0 Å². The van der Waals surface area contributed by atoms with E-state index in [1.807, 2.05) is 26.0 Å². The SMILES string of the molecule is CC(C)[C@H](N=Cc1ccc[nH]1)C(=O)O. The third-order valence-electron chi connectivity index (χ3n) is 1.88. The Morgan fingerprint density at radius 3 is 2.79 bits per heavy atom. The normalized spacial score (nSPS) is 13.6. The predicted molar refractivity (Wildman–Crippen MR) is 54.6 cm³/mol. The van der Waals surface area contributed by atoms with Gasteiger partial charge < -0.3 is 10.1 Å². The second-order valence-electron chi connectivity index (χ2n) is 3.43. The van der Waals surface area contributed by atoms with E-state index >= 15 is 0 Å². The number of H-pyrrole nitrogens is 1. The zero-order valence-corrected chi connectivity index (χ0v) is 8.27. The first-order valence-corrected chi connectivity index (χ1v) is 4.50. The average molecular weight is 194 g/mol. The van der Waals surface area contributed by atoms with Crippen molar-refractivity contribution >= 4 is 12.2 Å². The lowest BCUT2D eigenvalue weighted by molar-refractivity contribution is -0.139. The highest BCUT2D eigenvalue weighted by atomic mass is 16.4. The lowest BCUT2D eigenvalue weighted by Crippen LogP contribution is -2.24. The molecule has 1 aromatic heterocycles. The number of nitrogens with zero attached hydrogens (tertiary/aromatic N) is 1. The van der Waals surface area contributed by atoms with E-state index in [9.17, 15) is 4.79 Å². The van der Waals surface area contributed by atoms with Crippen LogP contribution >= 0.6 is 0 Å². The number of aliphatic carboxylic acids is 1. The fraction of sp³-hybridized carbons (Fsp3) is 0.400. The molecule has 14 heavy (non-hydrogen) atoms. The number of hydrogen-bond donors (Lipinski definition) is 2. The van der Waals surface area contributed by atoms with Crippen LogP contribution < -0.4 is 0 Å². The fourth-order valence-corrected chi connectivity index (χ4v) is 1.11. The Kier molecular flexibility index (Phi) is 3.45. The Morgan fingerprint density at radius 2 is 2.36 bits per heavy atom. The second kappa shape index (κ2) is 4.60. The quantitative estimate of drug-likeness (QED) is 0.714. The number of carboxylic acids is 1. The number of carbonyl (C=O) groups is 1. The molecule has 0 aliphatic rings. The van der Waals surface area contributed by atoms with Gasteiger partial charge in [-0.05, 0) is 18.1 Å². The van der Waals surface area contributed by atoms with Crippen LogP contribution in [0.4, 0.5) is 0 Å². The van der Waals surface area contributed by atoms with E-state index in [-0.39, 0.29) is 5.92 Å². The van der Waals surface area contributed by atoms with Crippen molar-refractivity contribution < 1.29 is 9.90 Å². The van der Waals surface area contributed by atoms with Crippen LogP contribution in [0.2, 0.25) is 0 Å². The predicted octanol–water partition coefficient (Wildman–Crippen LogP) is 1.54. The van der Waals surface area contributed by atoms with Crippen LogP contribution in [0, 0.1) is 5.92 Å². The van der Waals surface area contributed by atoms with Crippen molar-refractivity contribution in [2.45, 2.75) is 19.9 Å². The van der Waals surface area contributed by atoms with Crippen LogP contribution in [0.5, 0.6) is 0 Å². The van der Waals surface area contributed by atoms with Gasteiger partial charge in [0.1, 0.15) is 6.04 Å². The Bertz CT molecular complexity index is 315. The van der Waals surface area contributed by atoms with E-state index in [1.165, 1.54) is 0 Å². The maximum atomic E-state index is 10.8. The number of nitrogens with one attached hydrogen (secondary N) is 1. The molecular weight excluding hydrogens is 180 g/mol. The summed E-state index contributed by atoms with van der Waals surface area (Å²) in [6, 6.07) is 3.01. The first-order chi connectivity index (χ1) is 6.61. The van der Waals surface area contributed by atoms with E-state index in [2.05, 4.69) is 9.98 Å². The molecule has 0 saturated carbocycles. The molecule has 4 nitrogen and oxygen atoms in total. The number of aliphatic imine (C=N–C) groups is 1. The molecule has 0 amide bonds. The summed E-state index contributed by atoms with van der Waals surface area (Å²) in [7, 11) is 0. The van der Waals surface area contributed by atoms with Crippen LogP contribution in [0.1, 0.15) is 19.5 Å². The van der Waals surface area contributed by atoms with Crippen molar-refractivity contribution in [2.24, 2.45) is 10.9 Å². The first kappa shape index (κ1) is 10.5. The van der Waals surface area contributed by atoms with Crippen molar-refractivity contribution in [3.8, 4) is 0 Å². The van der Waals surface area contributed by atoms with Gasteiger partial charge in [-0.1, -0.05) is 13.8 Å². The van der Waals surface area contributed by atoms with Crippen LogP contribution in [0.3, 0.4) is 0 Å². The van der Waals surface area contributed by atoms with Crippen LogP contribution in [-0.2, 0) is 4.79 Å². The summed E-state index contributed by atoms with van der Waals surface area (Å²) >= 11 is 0. The molecule has 0 aliphatic heterocycles. The Balaban J connectivity index is 2.69. The van der Waals surface area contributed by atoms with Gasteiger partial charge in [-0.15, -0.1) is 0 Å². The van der Waals surface area contributed by atoms with Gasteiger partial charge in [0.05, 0.1) is 5.69 Å². The summed E-state index contributed by atoms with van der Waals surface area (Å²) in [4.78, 5) is 17.7. The number of aromatic nitrogens is 1. The van der Waals surface area contributed by atoms with E-state index in [1.54, 1.807) is 12.4 Å². The summed E-state index contributed by atoms with van der Waals surface area (Å²) in [6.45, 7) is 3.68. The van der Waals surface area contributed by atoms with Crippen molar-refractivity contribution in [1.29, 1.82) is 0 Å². The van der Waals surface area contributed by atoms with Crippen molar-refractivity contribution in [1.82, 2.24) is 4.98 Å². The molecule has 4 heteroatoms. The highest BCUT2D eigenvalue weighted by molar-refractivity contribution is 5.81. The molecule has 0 bridgehead atoms. The van der Waals surface area contributed by atoms with Gasteiger partial charge >= 0.3 is 5.97 Å². The molecule has 0 radical (unpaired) electrons. The highest BCUT2D eigenvalue weighted by Gasteiger charge is 2.19. The first-order valence-electron chi connectivity index (χ1n) is 4.50. The number of rotatable bonds is 4. The molecule has 0 aliphatic carbocycles.